The summed E-state index contributed by atoms with van der Waals surface area (Å²) in [5.41, 5.74) is -4.47. The van der Waals surface area contributed by atoms with Crippen molar-refractivity contribution in [3.8, 4) is 6.07 Å². The van der Waals surface area contributed by atoms with Crippen LogP contribution in [0.15, 0.2) is 0 Å². The van der Waals surface area contributed by atoms with E-state index < -0.39 is 92.4 Å². The average molecular weight is 1650 g/mol. The summed E-state index contributed by atoms with van der Waals surface area (Å²) >= 11 is 0. The molecule has 0 spiro atoms. The van der Waals surface area contributed by atoms with Crippen LogP contribution < -0.4 is 0 Å². The van der Waals surface area contributed by atoms with Crippen LogP contribution in [-0.2, 0) is 129 Å². The van der Waals surface area contributed by atoms with Gasteiger partial charge < -0.3 is 66.3 Å². The predicted octanol–water partition coefficient (Wildman–Crippen LogP) is 12.5. The van der Waals surface area contributed by atoms with E-state index in [4.69, 9.17) is 61.6 Å². The largest absolute Gasteiger partial charge is 0.469 e. The molecule has 26 atom stereocenters. The lowest BCUT2D eigenvalue weighted by Crippen LogP contribution is -2.57. The first-order chi connectivity index (χ1) is 54.7. The fourth-order valence-corrected chi connectivity index (χ4v) is 19.0. The Morgan fingerprint density at radius 2 is 0.949 bits per heavy atom. The number of nitriles is 1. The van der Waals surface area contributed by atoms with Crippen molar-refractivity contribution >= 4 is 77.6 Å². The number of cyclic esters (lactones) is 1. The Bertz CT molecular complexity index is 3690. The number of esters is 13. The van der Waals surface area contributed by atoms with Gasteiger partial charge in [0.25, 0.3) is 0 Å². The first kappa shape index (κ1) is 93.4. The van der Waals surface area contributed by atoms with Gasteiger partial charge in [0.2, 0.25) is 0 Å². The monoisotopic (exact) mass is 1650 g/mol. The Labute approximate surface area is 690 Å². The molecule has 10 aliphatic heterocycles. The van der Waals surface area contributed by atoms with Crippen LogP contribution in [0, 0.1) is 126 Å². The van der Waals surface area contributed by atoms with Crippen molar-refractivity contribution in [2.75, 3.05) is 20.8 Å². The second kappa shape index (κ2) is 36.1. The third-order valence-electron chi connectivity index (χ3n) is 29.5. The third kappa shape index (κ3) is 18.3. The molecule has 0 N–H and O–H groups in total. The topological polar surface area (TPSA) is 375 Å². The molecule has 18 fully saturated rings. The molecule has 18 rings (SSSR count). The number of ether oxygens (including phenoxy) is 14. The van der Waals surface area contributed by atoms with Crippen molar-refractivity contribution < 1.29 is 129 Å². The van der Waals surface area contributed by atoms with E-state index in [1.807, 2.05) is 145 Å². The zero-order chi connectivity index (χ0) is 87.1. The molecule has 10 heterocycles. The zero-order valence-electron chi connectivity index (χ0n) is 73.5. The Morgan fingerprint density at radius 3 is 1.44 bits per heavy atom. The molecular formula is C89H133NO27. The van der Waals surface area contributed by atoms with E-state index in [-0.39, 0.29) is 161 Å². The van der Waals surface area contributed by atoms with Gasteiger partial charge in [0.05, 0.1) is 101 Å². The molecule has 8 saturated carbocycles. The number of carbonyl (C=O) groups excluding carboxylic acids is 13. The SMILES string of the molecule is CC.CCC(C)(C)C(=O)OC.CCC(C)(C)C(=O)OC1C2CC3C(=O)OC1C3O2.CCC(C)(C)C(=O)OC1C2CC3C1OC(=O)C3(C#N)C2.CCC(C)(C)C(=O)OC1C2CC3C1OC(=O)C3C2C(=O)OC.CCC(C)(C)C(=O)OC1C2CC3CC2C(=O)OC31.CCC(C)(C)C(=O)OC1CC2CCC1(C)OC2=O.O=C1OCC2CCCCC12. The van der Waals surface area contributed by atoms with Crippen molar-refractivity contribution in [3.05, 3.63) is 0 Å². The second-order valence-electron chi connectivity index (χ2n) is 38.9. The molecule has 12 bridgehead atoms. The highest BCUT2D eigenvalue weighted by Crippen LogP contribution is 2.63. The van der Waals surface area contributed by atoms with Gasteiger partial charge in [0.1, 0.15) is 54.4 Å². The van der Waals surface area contributed by atoms with Gasteiger partial charge in [-0.2, -0.15) is 5.26 Å². The van der Waals surface area contributed by atoms with Crippen LogP contribution in [0.1, 0.15) is 267 Å². The highest BCUT2D eigenvalue weighted by atomic mass is 16.7. The number of hydrogen-bond acceptors (Lipinski definition) is 28. The van der Waals surface area contributed by atoms with E-state index >= 15 is 0 Å². The Morgan fingerprint density at radius 1 is 0.453 bits per heavy atom. The van der Waals surface area contributed by atoms with Crippen LogP contribution in [0.2, 0.25) is 0 Å². The van der Waals surface area contributed by atoms with Crippen LogP contribution in [-0.4, -0.2) is 171 Å². The number of fused-ring (bicyclic) bond motifs is 8. The lowest BCUT2D eigenvalue weighted by molar-refractivity contribution is -0.221. The molecule has 8 aliphatic carbocycles. The van der Waals surface area contributed by atoms with Crippen molar-refractivity contribution in [1.29, 1.82) is 5.26 Å². The number of nitrogens with zero attached hydrogens (tertiary/aromatic N) is 1. The summed E-state index contributed by atoms with van der Waals surface area (Å²) in [7, 11) is 2.73. The molecule has 0 aromatic rings. The van der Waals surface area contributed by atoms with Crippen LogP contribution in [0.4, 0.5) is 0 Å². The van der Waals surface area contributed by atoms with E-state index in [1.54, 1.807) is 0 Å². The molecule has 18 aliphatic rings. The number of rotatable bonds is 18. The molecule has 0 amide bonds. The average Bonchev–Trinajstić information content (AvgIpc) is 1.52. The minimum atomic E-state index is -0.974. The summed E-state index contributed by atoms with van der Waals surface area (Å²) in [5.74, 6) is -2.88. The van der Waals surface area contributed by atoms with Gasteiger partial charge in [-0.15, -0.1) is 0 Å². The molecule has 28 nitrogen and oxygen atoms in total. The van der Waals surface area contributed by atoms with Gasteiger partial charge in [0.15, 0.2) is 17.6 Å². The zero-order valence-corrected chi connectivity index (χ0v) is 73.5. The first-order valence-electron chi connectivity index (χ1n) is 43.3. The normalized spacial score (nSPS) is 36.7. The van der Waals surface area contributed by atoms with Crippen molar-refractivity contribution in [3.63, 3.8) is 0 Å². The standard InChI is InChI=1S/C16H22O6.C15H19NO4.C14H20O4.C14H22O4.C13H18O5.C8H12O2.C7H14O2.C2H6/c1-5-16(2,3)15(19)22-12-7-6-8-10(9(7)13(17)20-4)14(18)21-11(8)12;1-4-14(2,3)12(17)19-10-8-5-9-11(10)20-13(18)15(9,6-8)7-16;1-4-14(2,3)13(16)18-11-8-5-7-6-9(8)12(15)17-10(7)11;1-5-13(2,3)12(16)17-10-8-9-6-7-14(10,4)18-11(9)15;1-4-13(2,3)12(15)18-9-7-5-6-8(16-7)10(9)17-11(6)14;9-8-7-4-2-1-3-6(7)5-10-8;1-5-7(2,3)6(8)9-4;1-2/h7-12H,5-6H2,1-4H3;8-11H,4-6H2,1-3H3;7-11H,4-6H2,1-3H3;9-10H,5-8H2,1-4H3;6-10H,4-5H2,1-3H3;6-7H,1-5H2;5H2,1-4H3;1-2H3. The quantitative estimate of drug-likeness (QED) is 0.0908. The molecule has 26 unspecified atom stereocenters. The van der Waals surface area contributed by atoms with Gasteiger partial charge in [-0.05, 0) is 193 Å². The Kier molecular flexibility index (Phi) is 28.8. The number of methoxy groups -OCH3 is 2. The minimum Gasteiger partial charge on any atom is -0.469 e. The highest BCUT2D eigenvalue weighted by Gasteiger charge is 2.74. The lowest BCUT2D eigenvalue weighted by atomic mass is 9.74. The van der Waals surface area contributed by atoms with Gasteiger partial charge in [0, 0.05) is 47.8 Å². The maximum Gasteiger partial charge on any atom is 0.327 e. The molecule has 0 aromatic carbocycles. The molecule has 28 heteroatoms. The van der Waals surface area contributed by atoms with E-state index in [0.29, 0.717) is 63.4 Å². The predicted molar refractivity (Wildman–Crippen MR) is 416 cm³/mol. The van der Waals surface area contributed by atoms with Crippen molar-refractivity contribution in [1.82, 2.24) is 0 Å². The fourth-order valence-electron chi connectivity index (χ4n) is 19.0. The summed E-state index contributed by atoms with van der Waals surface area (Å²) in [5, 5.41) is 9.31. The van der Waals surface area contributed by atoms with Gasteiger partial charge >= 0.3 is 77.6 Å². The lowest BCUT2D eigenvalue weighted by Gasteiger charge is -2.48. The van der Waals surface area contributed by atoms with Crippen molar-refractivity contribution in [2.24, 2.45) is 115 Å². The summed E-state index contributed by atoms with van der Waals surface area (Å²) in [6, 6.07) is 2.15. The maximum atomic E-state index is 12.4. The van der Waals surface area contributed by atoms with Gasteiger partial charge in [-0.25, -0.2) is 0 Å². The van der Waals surface area contributed by atoms with Gasteiger partial charge in [-0.3, -0.25) is 62.3 Å². The fraction of sp³-hybridized carbons (Fsp3) is 0.843. The number of hydrogen-bond donors (Lipinski definition) is 0. The number of carbonyl (C=O) groups is 13. The van der Waals surface area contributed by atoms with E-state index in [2.05, 4.69) is 10.8 Å². The van der Waals surface area contributed by atoms with Crippen LogP contribution in [0.5, 0.6) is 0 Å². The summed E-state index contributed by atoms with van der Waals surface area (Å²) in [6.07, 6.45) is 12.2. The molecule has 0 aromatic heterocycles. The molecule has 0 radical (unpaired) electrons. The highest BCUT2D eigenvalue weighted by molar-refractivity contribution is 5.88. The molecular weight excluding hydrogens is 1510 g/mol. The summed E-state index contributed by atoms with van der Waals surface area (Å²) in [4.78, 5) is 153. The smallest absolute Gasteiger partial charge is 0.327 e. The molecule has 117 heavy (non-hydrogen) atoms. The first-order valence-corrected chi connectivity index (χ1v) is 43.3. The van der Waals surface area contributed by atoms with E-state index in [9.17, 15) is 67.6 Å². The Hall–Kier alpha value is -7.44. The van der Waals surface area contributed by atoms with Crippen molar-refractivity contribution in [2.45, 2.75) is 340 Å². The summed E-state index contributed by atoms with van der Waals surface area (Å²) in [6.45, 7) is 40.7. The van der Waals surface area contributed by atoms with Crippen LogP contribution >= 0.6 is 0 Å². The third-order valence-corrected chi connectivity index (χ3v) is 29.5. The molecule has 10 saturated heterocycles. The van der Waals surface area contributed by atoms with Crippen LogP contribution in [0.3, 0.4) is 0 Å². The molecule has 656 valence electrons. The van der Waals surface area contributed by atoms with Crippen LogP contribution in [0.25, 0.3) is 0 Å². The summed E-state index contributed by atoms with van der Waals surface area (Å²) < 4.78 is 75.0. The van der Waals surface area contributed by atoms with Gasteiger partial charge in [-0.1, -0.05) is 68.2 Å². The minimum absolute atomic E-state index is 0.0254. The van der Waals surface area contributed by atoms with E-state index in [0.717, 1.165) is 57.8 Å². The maximum absolute atomic E-state index is 12.4. The van der Waals surface area contributed by atoms with E-state index in [1.165, 1.54) is 33.5 Å². The Balaban J connectivity index is 0.000000158. The second-order valence-corrected chi connectivity index (χ2v) is 38.9.